The molecule has 2 heterocycles. The third-order valence-corrected chi connectivity index (χ3v) is 4.24. The van der Waals surface area contributed by atoms with Crippen molar-refractivity contribution in [1.82, 2.24) is 9.80 Å². The molecule has 1 fully saturated rings. The van der Waals surface area contributed by atoms with Crippen LogP contribution in [0.15, 0.2) is 18.2 Å². The first-order chi connectivity index (χ1) is 11.5. The van der Waals surface area contributed by atoms with Gasteiger partial charge in [0.15, 0.2) is 0 Å². The van der Waals surface area contributed by atoms with E-state index in [9.17, 15) is 24.3 Å². The quantitative estimate of drug-likeness (QED) is 0.787. The second kappa shape index (κ2) is 6.04. The van der Waals surface area contributed by atoms with E-state index in [0.717, 1.165) is 9.80 Å². The van der Waals surface area contributed by atoms with Crippen molar-refractivity contribution in [3.63, 3.8) is 0 Å². The van der Waals surface area contributed by atoms with Crippen LogP contribution in [0.2, 0.25) is 0 Å². The summed E-state index contributed by atoms with van der Waals surface area (Å²) in [5.74, 6) is -2.60. The highest BCUT2D eigenvalue weighted by atomic mass is 16.5. The molecule has 1 saturated heterocycles. The van der Waals surface area contributed by atoms with Gasteiger partial charge in [0, 0.05) is 13.5 Å². The van der Waals surface area contributed by atoms with Crippen molar-refractivity contribution in [1.29, 1.82) is 0 Å². The minimum absolute atomic E-state index is 0.0551. The van der Waals surface area contributed by atoms with Crippen LogP contribution in [0.1, 0.15) is 33.6 Å². The van der Waals surface area contributed by atoms with Gasteiger partial charge in [-0.15, -0.1) is 0 Å². The number of hydrogen-bond acceptors (Lipinski definition) is 6. The number of hydrogen-bond donors (Lipinski definition) is 1. The first-order valence-electron chi connectivity index (χ1n) is 7.50. The third-order valence-electron chi connectivity index (χ3n) is 4.24. The maximum Gasteiger partial charge on any atom is 0.266 e. The van der Waals surface area contributed by atoms with E-state index in [1.54, 1.807) is 0 Å². The van der Waals surface area contributed by atoms with E-state index in [4.69, 9.17) is 4.74 Å². The molecule has 0 aromatic heterocycles. The van der Waals surface area contributed by atoms with Crippen molar-refractivity contribution in [2.45, 2.75) is 18.9 Å². The van der Waals surface area contributed by atoms with E-state index in [1.807, 2.05) is 0 Å². The molecule has 3 rings (SSSR count). The zero-order valence-electron chi connectivity index (χ0n) is 13.0. The lowest BCUT2D eigenvalue weighted by Gasteiger charge is -2.34. The zero-order chi connectivity index (χ0) is 17.4. The van der Waals surface area contributed by atoms with Crippen molar-refractivity contribution in [3.05, 3.63) is 29.3 Å². The number of aromatic hydroxyl groups is 1. The molecule has 0 saturated carbocycles. The molecule has 1 atom stereocenters. The number of amides is 4. The van der Waals surface area contributed by atoms with Crippen LogP contribution in [0.5, 0.6) is 5.75 Å². The van der Waals surface area contributed by atoms with Crippen molar-refractivity contribution < 1.29 is 29.0 Å². The molecule has 1 aromatic rings. The highest BCUT2D eigenvalue weighted by Crippen LogP contribution is 2.33. The van der Waals surface area contributed by atoms with Gasteiger partial charge in [-0.1, -0.05) is 6.07 Å². The number of nitrogens with zero attached hydrogens (tertiary/aromatic N) is 2. The fraction of sp³-hybridized carbons (Fsp3) is 0.375. The second-order valence-corrected chi connectivity index (χ2v) is 5.61. The van der Waals surface area contributed by atoms with Gasteiger partial charge >= 0.3 is 0 Å². The van der Waals surface area contributed by atoms with E-state index < -0.39 is 23.8 Å². The Bertz CT molecular complexity index is 744. The Balaban J connectivity index is 1.91. The minimum atomic E-state index is -1.05. The van der Waals surface area contributed by atoms with Gasteiger partial charge in [0.2, 0.25) is 5.91 Å². The fourth-order valence-corrected chi connectivity index (χ4v) is 3.05. The lowest BCUT2D eigenvalue weighted by Crippen LogP contribution is -2.56. The SMILES string of the molecule is COCCN1C(=O)CCC(N2C(=O)c3cccc(O)c3C2=O)C1=O. The second-order valence-electron chi connectivity index (χ2n) is 5.61. The topological polar surface area (TPSA) is 104 Å². The Hall–Kier alpha value is -2.74. The normalized spacial score (nSPS) is 20.8. The number of fused-ring (bicyclic) bond motifs is 1. The lowest BCUT2D eigenvalue weighted by atomic mass is 10.0. The maximum absolute atomic E-state index is 12.6. The van der Waals surface area contributed by atoms with Gasteiger partial charge in [-0.25, -0.2) is 0 Å². The number of phenols is 1. The molecule has 24 heavy (non-hydrogen) atoms. The van der Waals surface area contributed by atoms with Crippen molar-refractivity contribution in [3.8, 4) is 5.75 Å². The van der Waals surface area contributed by atoms with Crippen molar-refractivity contribution in [2.24, 2.45) is 0 Å². The number of ether oxygens (including phenoxy) is 1. The monoisotopic (exact) mass is 332 g/mol. The number of rotatable bonds is 4. The smallest absolute Gasteiger partial charge is 0.266 e. The summed E-state index contributed by atoms with van der Waals surface area (Å²) in [6.45, 7) is 0.242. The third kappa shape index (κ3) is 2.35. The molecule has 8 heteroatoms. The predicted octanol–water partition coefficient (Wildman–Crippen LogP) is 0.152. The number of carbonyl (C=O) groups is 4. The molecule has 0 radical (unpaired) electrons. The molecule has 0 bridgehead atoms. The van der Waals surface area contributed by atoms with E-state index in [2.05, 4.69) is 0 Å². The minimum Gasteiger partial charge on any atom is -0.507 e. The van der Waals surface area contributed by atoms with Crippen LogP contribution < -0.4 is 0 Å². The van der Waals surface area contributed by atoms with Crippen LogP contribution in [-0.4, -0.2) is 64.8 Å². The van der Waals surface area contributed by atoms with Crippen molar-refractivity contribution >= 4 is 23.6 Å². The van der Waals surface area contributed by atoms with Crippen LogP contribution in [0.3, 0.4) is 0 Å². The average Bonchev–Trinajstić information content (AvgIpc) is 2.81. The summed E-state index contributed by atoms with van der Waals surface area (Å²) in [6, 6.07) is 3.15. The van der Waals surface area contributed by atoms with Crippen LogP contribution in [0.4, 0.5) is 0 Å². The zero-order valence-corrected chi connectivity index (χ0v) is 13.0. The van der Waals surface area contributed by atoms with Gasteiger partial charge in [-0.05, 0) is 18.6 Å². The Labute approximate surface area is 137 Å². The van der Waals surface area contributed by atoms with Gasteiger partial charge < -0.3 is 9.84 Å². The number of carbonyl (C=O) groups excluding carboxylic acids is 4. The maximum atomic E-state index is 12.6. The molecule has 8 nitrogen and oxygen atoms in total. The largest absolute Gasteiger partial charge is 0.507 e. The molecule has 2 aliphatic rings. The van der Waals surface area contributed by atoms with E-state index >= 15 is 0 Å². The molecule has 4 amide bonds. The molecule has 0 spiro atoms. The fourth-order valence-electron chi connectivity index (χ4n) is 3.05. The Kier molecular flexibility index (Phi) is 4.06. The summed E-state index contributed by atoms with van der Waals surface area (Å²) < 4.78 is 4.88. The first kappa shape index (κ1) is 16.1. The number of imide groups is 2. The molecule has 126 valence electrons. The molecule has 1 N–H and O–H groups in total. The van der Waals surface area contributed by atoms with Gasteiger partial charge in [0.1, 0.15) is 11.8 Å². The van der Waals surface area contributed by atoms with Gasteiger partial charge in [-0.2, -0.15) is 0 Å². The summed E-state index contributed by atoms with van der Waals surface area (Å²) in [7, 11) is 1.45. The molecule has 0 aliphatic carbocycles. The average molecular weight is 332 g/mol. The first-order valence-corrected chi connectivity index (χ1v) is 7.50. The summed E-state index contributed by atoms with van der Waals surface area (Å²) in [4.78, 5) is 51.4. The molecule has 2 aliphatic heterocycles. The van der Waals surface area contributed by atoms with E-state index in [-0.39, 0.29) is 48.8 Å². The summed E-state index contributed by atoms with van der Waals surface area (Å²) >= 11 is 0. The molecular formula is C16H16N2O6. The number of phenolic OH excluding ortho intramolecular Hbond substituents is 1. The highest BCUT2D eigenvalue weighted by molar-refractivity contribution is 6.24. The number of piperidine rings is 1. The van der Waals surface area contributed by atoms with Crippen LogP contribution in [-0.2, 0) is 14.3 Å². The van der Waals surface area contributed by atoms with Crippen LogP contribution in [0.25, 0.3) is 0 Å². The standard InChI is InChI=1S/C16H16N2O6/c1-24-8-7-17-12(20)6-5-10(15(17)22)18-14(21)9-3-2-4-11(19)13(9)16(18)23/h2-4,10,19H,5-8H2,1H3. The van der Waals surface area contributed by atoms with Gasteiger partial charge in [-0.3, -0.25) is 29.0 Å². The van der Waals surface area contributed by atoms with Gasteiger partial charge in [0.05, 0.1) is 24.3 Å². The van der Waals surface area contributed by atoms with Crippen LogP contribution in [0, 0.1) is 0 Å². The number of benzene rings is 1. The summed E-state index contributed by atoms with van der Waals surface area (Å²) in [6.07, 6.45) is 0.132. The highest BCUT2D eigenvalue weighted by Gasteiger charge is 2.47. The Morgan fingerprint density at radius 3 is 2.62 bits per heavy atom. The van der Waals surface area contributed by atoms with Crippen molar-refractivity contribution in [2.75, 3.05) is 20.3 Å². The number of methoxy groups -OCH3 is 1. The Morgan fingerprint density at radius 1 is 1.21 bits per heavy atom. The predicted molar refractivity (Wildman–Crippen MR) is 80.2 cm³/mol. The lowest BCUT2D eigenvalue weighted by molar-refractivity contribution is -0.152. The van der Waals surface area contributed by atoms with E-state index in [0.29, 0.717) is 0 Å². The molecule has 1 aromatic carbocycles. The van der Waals surface area contributed by atoms with E-state index in [1.165, 1.54) is 25.3 Å². The summed E-state index contributed by atoms with van der Waals surface area (Å²) in [5.41, 5.74) is -0.0382. The molecular weight excluding hydrogens is 316 g/mol. The van der Waals surface area contributed by atoms with Gasteiger partial charge in [0.25, 0.3) is 17.7 Å². The summed E-state index contributed by atoms with van der Waals surface area (Å²) in [5, 5.41) is 9.85. The van der Waals surface area contributed by atoms with Crippen LogP contribution >= 0.6 is 0 Å². The molecule has 1 unspecified atom stereocenters. The number of likely N-dealkylation sites (tertiary alicyclic amines) is 1. The Morgan fingerprint density at radius 2 is 1.96 bits per heavy atom.